The Morgan fingerprint density at radius 3 is 3.25 bits per heavy atom. The van der Waals surface area contributed by atoms with Crippen molar-refractivity contribution in [3.8, 4) is 0 Å². The van der Waals surface area contributed by atoms with Gasteiger partial charge in [0.15, 0.2) is 5.65 Å². The average molecular weight is 239 g/mol. The summed E-state index contributed by atoms with van der Waals surface area (Å²) in [6.07, 6.45) is 5.67. The number of fused-ring (bicyclic) bond motifs is 1. The zero-order valence-corrected chi connectivity index (χ0v) is 9.39. The van der Waals surface area contributed by atoms with Gasteiger partial charge in [-0.15, -0.1) is 0 Å². The van der Waals surface area contributed by atoms with Crippen LogP contribution in [-0.2, 0) is 11.3 Å². The predicted molar refractivity (Wildman–Crippen MR) is 59.3 cm³/mol. The van der Waals surface area contributed by atoms with Gasteiger partial charge in [0.05, 0.1) is 25.0 Å². The Bertz CT molecular complexity index is 506. The van der Waals surface area contributed by atoms with Crippen LogP contribution in [-0.4, -0.2) is 32.5 Å². The molecule has 3 heterocycles. The van der Waals surface area contributed by atoms with Crippen LogP contribution < -0.4 is 0 Å². The molecule has 0 aliphatic carbocycles. The molecule has 2 aromatic rings. The SMILES string of the molecule is Clc1cnc2cnn(CC3CCCO3)c2n1. The van der Waals surface area contributed by atoms with Gasteiger partial charge in [-0.05, 0) is 12.8 Å². The third-order valence-electron chi connectivity index (χ3n) is 2.72. The summed E-state index contributed by atoms with van der Waals surface area (Å²) in [5.41, 5.74) is 1.49. The molecule has 0 amide bonds. The number of rotatable bonds is 2. The number of ether oxygens (including phenoxy) is 1. The van der Waals surface area contributed by atoms with Crippen LogP contribution in [0.15, 0.2) is 12.4 Å². The van der Waals surface area contributed by atoms with E-state index in [1.54, 1.807) is 6.20 Å². The van der Waals surface area contributed by atoms with Gasteiger partial charge in [0.25, 0.3) is 0 Å². The van der Waals surface area contributed by atoms with E-state index in [4.69, 9.17) is 16.3 Å². The van der Waals surface area contributed by atoms with Gasteiger partial charge in [0.2, 0.25) is 0 Å². The molecule has 1 unspecified atom stereocenters. The van der Waals surface area contributed by atoms with Crippen molar-refractivity contribution in [1.29, 1.82) is 0 Å². The van der Waals surface area contributed by atoms with Crippen LogP contribution in [0.5, 0.6) is 0 Å². The van der Waals surface area contributed by atoms with E-state index in [0.717, 1.165) is 37.2 Å². The molecule has 2 aromatic heterocycles. The molecule has 0 radical (unpaired) electrons. The zero-order valence-electron chi connectivity index (χ0n) is 8.64. The highest BCUT2D eigenvalue weighted by atomic mass is 35.5. The molecule has 0 spiro atoms. The van der Waals surface area contributed by atoms with Crippen molar-refractivity contribution in [2.45, 2.75) is 25.5 Å². The fourth-order valence-corrected chi connectivity index (χ4v) is 2.07. The van der Waals surface area contributed by atoms with Crippen LogP contribution in [0.4, 0.5) is 0 Å². The summed E-state index contributed by atoms with van der Waals surface area (Å²) in [7, 11) is 0. The molecule has 16 heavy (non-hydrogen) atoms. The van der Waals surface area contributed by atoms with Crippen LogP contribution in [0.25, 0.3) is 11.2 Å². The Kier molecular flexibility index (Phi) is 2.49. The van der Waals surface area contributed by atoms with Crippen LogP contribution in [0.3, 0.4) is 0 Å². The molecule has 0 bridgehead atoms. The second kappa shape index (κ2) is 3.99. The fourth-order valence-electron chi connectivity index (χ4n) is 1.94. The van der Waals surface area contributed by atoms with E-state index >= 15 is 0 Å². The summed E-state index contributed by atoms with van der Waals surface area (Å²) < 4.78 is 7.37. The summed E-state index contributed by atoms with van der Waals surface area (Å²) >= 11 is 5.82. The molecule has 1 aliphatic rings. The highest BCUT2D eigenvalue weighted by Crippen LogP contribution is 2.17. The molecular formula is C10H11ClN4O. The second-order valence-electron chi connectivity index (χ2n) is 3.86. The van der Waals surface area contributed by atoms with Crippen molar-refractivity contribution < 1.29 is 4.74 Å². The molecule has 0 N–H and O–H groups in total. The van der Waals surface area contributed by atoms with Gasteiger partial charge in [-0.25, -0.2) is 14.6 Å². The minimum absolute atomic E-state index is 0.240. The maximum atomic E-state index is 5.82. The van der Waals surface area contributed by atoms with Crippen molar-refractivity contribution in [2.24, 2.45) is 0 Å². The molecule has 1 saturated heterocycles. The Labute approximate surface area is 97.4 Å². The number of aromatic nitrogens is 4. The smallest absolute Gasteiger partial charge is 0.178 e. The molecule has 5 nitrogen and oxygen atoms in total. The van der Waals surface area contributed by atoms with Gasteiger partial charge >= 0.3 is 0 Å². The van der Waals surface area contributed by atoms with Gasteiger partial charge in [0.1, 0.15) is 10.7 Å². The summed E-state index contributed by atoms with van der Waals surface area (Å²) in [5, 5.41) is 4.64. The summed E-state index contributed by atoms with van der Waals surface area (Å²) in [6, 6.07) is 0. The van der Waals surface area contributed by atoms with E-state index < -0.39 is 0 Å². The van der Waals surface area contributed by atoms with E-state index in [0.29, 0.717) is 5.15 Å². The molecule has 84 valence electrons. The molecule has 1 atom stereocenters. The minimum atomic E-state index is 0.240. The summed E-state index contributed by atoms with van der Waals surface area (Å²) in [4.78, 5) is 8.38. The van der Waals surface area contributed by atoms with Crippen molar-refractivity contribution >= 4 is 22.8 Å². The lowest BCUT2D eigenvalue weighted by Gasteiger charge is -2.09. The lowest BCUT2D eigenvalue weighted by molar-refractivity contribution is 0.0949. The first kappa shape index (κ1) is 9.99. The van der Waals surface area contributed by atoms with Gasteiger partial charge in [0, 0.05) is 6.61 Å². The Hall–Kier alpha value is -1.20. The largest absolute Gasteiger partial charge is 0.376 e. The van der Waals surface area contributed by atoms with Crippen molar-refractivity contribution in [3.63, 3.8) is 0 Å². The van der Waals surface area contributed by atoms with Crippen molar-refractivity contribution in [1.82, 2.24) is 19.7 Å². The van der Waals surface area contributed by atoms with Gasteiger partial charge in [-0.3, -0.25) is 0 Å². The molecule has 1 aliphatic heterocycles. The lowest BCUT2D eigenvalue weighted by atomic mass is 10.2. The number of hydrogen-bond donors (Lipinski definition) is 0. The maximum absolute atomic E-state index is 5.82. The third-order valence-corrected chi connectivity index (χ3v) is 2.90. The fraction of sp³-hybridized carbons (Fsp3) is 0.500. The first-order valence-corrected chi connectivity index (χ1v) is 5.66. The van der Waals surface area contributed by atoms with Crippen LogP contribution in [0.2, 0.25) is 5.15 Å². The maximum Gasteiger partial charge on any atom is 0.178 e. The zero-order chi connectivity index (χ0) is 11.0. The third kappa shape index (κ3) is 1.76. The topological polar surface area (TPSA) is 52.8 Å². The highest BCUT2D eigenvalue weighted by Gasteiger charge is 2.18. The van der Waals surface area contributed by atoms with Gasteiger partial charge in [-0.2, -0.15) is 5.10 Å². The number of hydrogen-bond acceptors (Lipinski definition) is 4. The lowest BCUT2D eigenvalue weighted by Crippen LogP contribution is -2.16. The van der Waals surface area contributed by atoms with E-state index in [1.165, 1.54) is 6.20 Å². The van der Waals surface area contributed by atoms with Crippen molar-refractivity contribution in [3.05, 3.63) is 17.5 Å². The van der Waals surface area contributed by atoms with Crippen molar-refractivity contribution in [2.75, 3.05) is 6.61 Å². The molecular weight excluding hydrogens is 228 g/mol. The summed E-state index contributed by atoms with van der Waals surface area (Å²) in [6.45, 7) is 1.56. The average Bonchev–Trinajstić information content (AvgIpc) is 2.90. The number of halogens is 1. The van der Waals surface area contributed by atoms with E-state index in [2.05, 4.69) is 15.1 Å². The molecule has 1 fully saturated rings. The Morgan fingerprint density at radius 1 is 1.50 bits per heavy atom. The van der Waals surface area contributed by atoms with E-state index in [1.807, 2.05) is 4.68 Å². The molecule has 0 aromatic carbocycles. The van der Waals surface area contributed by atoms with Crippen LogP contribution in [0, 0.1) is 0 Å². The first-order chi connectivity index (χ1) is 7.83. The second-order valence-corrected chi connectivity index (χ2v) is 4.25. The van der Waals surface area contributed by atoms with E-state index in [9.17, 15) is 0 Å². The van der Waals surface area contributed by atoms with Gasteiger partial charge in [-0.1, -0.05) is 11.6 Å². The molecule has 6 heteroatoms. The molecule has 0 saturated carbocycles. The highest BCUT2D eigenvalue weighted by molar-refractivity contribution is 6.29. The quantitative estimate of drug-likeness (QED) is 0.799. The standard InChI is InChI=1S/C10H11ClN4O/c11-9-5-12-8-4-13-15(10(8)14-9)6-7-2-1-3-16-7/h4-5,7H,1-3,6H2. The van der Waals surface area contributed by atoms with Crippen LogP contribution in [0.1, 0.15) is 12.8 Å². The molecule has 3 rings (SSSR count). The monoisotopic (exact) mass is 238 g/mol. The number of nitrogens with zero attached hydrogens (tertiary/aromatic N) is 4. The van der Waals surface area contributed by atoms with Gasteiger partial charge < -0.3 is 4.74 Å². The van der Waals surface area contributed by atoms with E-state index in [-0.39, 0.29) is 6.10 Å². The first-order valence-electron chi connectivity index (χ1n) is 5.28. The normalized spacial score (nSPS) is 20.7. The summed E-state index contributed by atoms with van der Waals surface area (Å²) in [5.74, 6) is 0. The predicted octanol–water partition coefficient (Wildman–Crippen LogP) is 1.66. The Balaban J connectivity index is 1.93. The Morgan fingerprint density at radius 2 is 2.44 bits per heavy atom. The van der Waals surface area contributed by atoms with Crippen LogP contribution >= 0.6 is 11.6 Å². The minimum Gasteiger partial charge on any atom is -0.376 e.